The van der Waals surface area contributed by atoms with Crippen molar-refractivity contribution >= 4 is 21.6 Å². The maximum atomic E-state index is 13.0. The van der Waals surface area contributed by atoms with Crippen LogP contribution in [0, 0.1) is 5.82 Å². The van der Waals surface area contributed by atoms with Crippen LogP contribution >= 0.6 is 15.9 Å². The van der Waals surface area contributed by atoms with Crippen LogP contribution in [0.5, 0.6) is 0 Å². The van der Waals surface area contributed by atoms with E-state index in [-0.39, 0.29) is 5.82 Å². The molecule has 1 nitrogen and oxygen atoms in total. The zero-order chi connectivity index (χ0) is 12.5. The lowest BCUT2D eigenvalue weighted by atomic mass is 10.1. The van der Waals surface area contributed by atoms with E-state index >= 15 is 0 Å². The highest BCUT2D eigenvalue weighted by Gasteiger charge is 2.22. The highest BCUT2D eigenvalue weighted by molar-refractivity contribution is 9.10. The average molecular weight is 306 g/mol. The summed E-state index contributed by atoms with van der Waals surface area (Å²) in [5, 5.41) is 3.48. The third-order valence-electron chi connectivity index (χ3n) is 3.39. The van der Waals surface area contributed by atoms with Gasteiger partial charge in [0.15, 0.2) is 0 Å². The van der Waals surface area contributed by atoms with Gasteiger partial charge in [-0.25, -0.2) is 4.39 Å². The molecule has 2 aromatic rings. The van der Waals surface area contributed by atoms with Crippen LogP contribution in [0.2, 0.25) is 0 Å². The molecule has 1 unspecified atom stereocenters. The quantitative estimate of drug-likeness (QED) is 0.849. The molecule has 3 heteroatoms. The second-order valence-electron chi connectivity index (χ2n) is 4.56. The number of halogens is 2. The highest BCUT2D eigenvalue weighted by Crippen LogP contribution is 2.35. The first-order valence-electron chi connectivity index (χ1n) is 6.03. The summed E-state index contributed by atoms with van der Waals surface area (Å²) >= 11 is 3.39. The van der Waals surface area contributed by atoms with E-state index in [9.17, 15) is 4.39 Å². The minimum atomic E-state index is -0.223. The molecular weight excluding hydrogens is 293 g/mol. The van der Waals surface area contributed by atoms with E-state index in [1.165, 1.54) is 23.3 Å². The first kappa shape index (κ1) is 11.7. The molecule has 0 fully saturated rings. The lowest BCUT2D eigenvalue weighted by molar-refractivity contribution is 0.627. The van der Waals surface area contributed by atoms with Crippen molar-refractivity contribution in [1.82, 2.24) is 0 Å². The topological polar surface area (TPSA) is 12.0 Å². The van der Waals surface area contributed by atoms with Crippen molar-refractivity contribution in [3.63, 3.8) is 0 Å². The van der Waals surface area contributed by atoms with Crippen LogP contribution in [0.4, 0.5) is 10.1 Å². The number of fused-ring (bicyclic) bond motifs is 1. The molecule has 0 aliphatic heterocycles. The summed E-state index contributed by atoms with van der Waals surface area (Å²) in [5.74, 6) is -0.223. The number of rotatable bonds is 2. The first-order chi connectivity index (χ1) is 8.74. The van der Waals surface area contributed by atoms with Gasteiger partial charge in [-0.3, -0.25) is 0 Å². The average Bonchev–Trinajstić information content (AvgIpc) is 2.76. The van der Waals surface area contributed by atoms with Crippen LogP contribution in [0.1, 0.15) is 23.6 Å². The van der Waals surface area contributed by atoms with E-state index < -0.39 is 0 Å². The summed E-state index contributed by atoms with van der Waals surface area (Å²) in [5.41, 5.74) is 3.71. The number of aryl methyl sites for hydroxylation is 1. The van der Waals surface area contributed by atoms with Gasteiger partial charge in [0.05, 0.1) is 6.04 Å². The maximum Gasteiger partial charge on any atom is 0.124 e. The largest absolute Gasteiger partial charge is 0.377 e. The molecule has 2 aromatic carbocycles. The Kier molecular flexibility index (Phi) is 3.08. The molecule has 0 heterocycles. The predicted molar refractivity (Wildman–Crippen MR) is 75.2 cm³/mol. The lowest BCUT2D eigenvalue weighted by Gasteiger charge is -2.16. The van der Waals surface area contributed by atoms with Gasteiger partial charge in [-0.15, -0.1) is 0 Å². The van der Waals surface area contributed by atoms with Crippen molar-refractivity contribution in [3.8, 4) is 0 Å². The molecule has 1 aliphatic carbocycles. The van der Waals surface area contributed by atoms with E-state index in [1.54, 1.807) is 6.07 Å². The standard InChI is InChI=1S/C15H13BrFN/c16-13-9-11(17)6-8-15(13)18-14-7-5-10-3-1-2-4-12(10)14/h1-4,6,8-9,14,18H,5,7H2. The molecule has 0 amide bonds. The summed E-state index contributed by atoms with van der Waals surface area (Å²) < 4.78 is 13.8. The Morgan fingerprint density at radius 3 is 2.83 bits per heavy atom. The van der Waals surface area contributed by atoms with Gasteiger partial charge in [0.25, 0.3) is 0 Å². The van der Waals surface area contributed by atoms with Crippen LogP contribution in [0.25, 0.3) is 0 Å². The molecular formula is C15H13BrFN. The van der Waals surface area contributed by atoms with Gasteiger partial charge in [0.2, 0.25) is 0 Å². The Morgan fingerprint density at radius 2 is 2.00 bits per heavy atom. The van der Waals surface area contributed by atoms with Crippen LogP contribution in [-0.4, -0.2) is 0 Å². The summed E-state index contributed by atoms with van der Waals surface area (Å²) in [7, 11) is 0. The lowest BCUT2D eigenvalue weighted by Crippen LogP contribution is -2.07. The second kappa shape index (κ2) is 4.73. The van der Waals surface area contributed by atoms with E-state index in [0.717, 1.165) is 23.0 Å². The Hall–Kier alpha value is -1.35. The van der Waals surface area contributed by atoms with Crippen LogP contribution in [-0.2, 0) is 6.42 Å². The molecule has 18 heavy (non-hydrogen) atoms. The van der Waals surface area contributed by atoms with Crippen molar-refractivity contribution in [1.29, 1.82) is 0 Å². The Balaban J connectivity index is 1.86. The SMILES string of the molecule is Fc1ccc(NC2CCc3ccccc32)c(Br)c1. The van der Waals surface area contributed by atoms with Gasteiger partial charge < -0.3 is 5.32 Å². The van der Waals surface area contributed by atoms with Gasteiger partial charge in [0, 0.05) is 10.2 Å². The summed E-state index contributed by atoms with van der Waals surface area (Å²) in [6.45, 7) is 0. The van der Waals surface area contributed by atoms with E-state index in [4.69, 9.17) is 0 Å². The molecule has 1 N–H and O–H groups in total. The van der Waals surface area contributed by atoms with Crippen LogP contribution in [0.3, 0.4) is 0 Å². The van der Waals surface area contributed by atoms with E-state index in [0.29, 0.717) is 6.04 Å². The molecule has 0 spiro atoms. The number of hydrogen-bond donors (Lipinski definition) is 1. The number of hydrogen-bond acceptors (Lipinski definition) is 1. The third kappa shape index (κ3) is 2.15. The molecule has 0 aromatic heterocycles. The molecule has 0 radical (unpaired) electrons. The van der Waals surface area contributed by atoms with Crippen LogP contribution < -0.4 is 5.32 Å². The molecule has 1 aliphatic rings. The minimum Gasteiger partial charge on any atom is -0.377 e. The Labute approximate surface area is 114 Å². The molecule has 92 valence electrons. The van der Waals surface area contributed by atoms with Crippen molar-refractivity contribution < 1.29 is 4.39 Å². The number of nitrogens with one attached hydrogen (secondary N) is 1. The van der Waals surface area contributed by atoms with Crippen LogP contribution in [0.15, 0.2) is 46.9 Å². The highest BCUT2D eigenvalue weighted by atomic mass is 79.9. The molecule has 1 atom stereocenters. The predicted octanol–water partition coefficient (Wildman–Crippen LogP) is 4.69. The smallest absolute Gasteiger partial charge is 0.124 e. The summed E-state index contributed by atoms with van der Waals surface area (Å²) in [4.78, 5) is 0. The first-order valence-corrected chi connectivity index (χ1v) is 6.83. The number of anilines is 1. The molecule has 3 rings (SSSR count). The van der Waals surface area contributed by atoms with Gasteiger partial charge in [-0.2, -0.15) is 0 Å². The van der Waals surface area contributed by atoms with Crippen molar-refractivity contribution in [2.75, 3.05) is 5.32 Å². The summed E-state index contributed by atoms with van der Waals surface area (Å²) in [6, 6.07) is 13.6. The minimum absolute atomic E-state index is 0.223. The van der Waals surface area contributed by atoms with Gasteiger partial charge in [0.1, 0.15) is 5.82 Å². The monoisotopic (exact) mass is 305 g/mol. The summed E-state index contributed by atoms with van der Waals surface area (Å²) in [6.07, 6.45) is 2.19. The Bertz CT molecular complexity index is 582. The molecule has 0 saturated carbocycles. The van der Waals surface area contributed by atoms with Gasteiger partial charge in [-0.05, 0) is 58.1 Å². The zero-order valence-electron chi connectivity index (χ0n) is 9.79. The fourth-order valence-electron chi connectivity index (χ4n) is 2.50. The van der Waals surface area contributed by atoms with E-state index in [2.05, 4.69) is 45.5 Å². The zero-order valence-corrected chi connectivity index (χ0v) is 11.4. The second-order valence-corrected chi connectivity index (χ2v) is 5.41. The molecule has 0 saturated heterocycles. The maximum absolute atomic E-state index is 13.0. The Morgan fingerprint density at radius 1 is 1.17 bits per heavy atom. The molecule has 0 bridgehead atoms. The van der Waals surface area contributed by atoms with Crippen molar-refractivity contribution in [2.45, 2.75) is 18.9 Å². The van der Waals surface area contributed by atoms with Crippen molar-refractivity contribution in [3.05, 3.63) is 63.9 Å². The normalized spacial score (nSPS) is 17.6. The van der Waals surface area contributed by atoms with Gasteiger partial charge in [-0.1, -0.05) is 24.3 Å². The van der Waals surface area contributed by atoms with Gasteiger partial charge >= 0.3 is 0 Å². The number of benzene rings is 2. The fourth-order valence-corrected chi connectivity index (χ4v) is 2.97. The van der Waals surface area contributed by atoms with Crippen molar-refractivity contribution in [2.24, 2.45) is 0 Å². The van der Waals surface area contributed by atoms with E-state index in [1.807, 2.05) is 0 Å². The fraction of sp³-hybridized carbons (Fsp3) is 0.200. The third-order valence-corrected chi connectivity index (χ3v) is 4.05.